The highest BCUT2D eigenvalue weighted by molar-refractivity contribution is 5.64. The van der Waals surface area contributed by atoms with Crippen LogP contribution in [0.5, 0.6) is 0 Å². The Morgan fingerprint density at radius 1 is 0.704 bits per heavy atom. The Morgan fingerprint density at radius 3 is 1.56 bits per heavy atom. The van der Waals surface area contributed by atoms with Crippen LogP contribution < -0.4 is 9.80 Å². The molecule has 0 radical (unpaired) electrons. The molecule has 148 valence electrons. The Kier molecular flexibility index (Phi) is 6.19. The van der Waals surface area contributed by atoms with Crippen LogP contribution in [0.3, 0.4) is 0 Å². The molecule has 0 aromatic heterocycles. The largest absolute Gasteiger partial charge is 0.358 e. The van der Waals surface area contributed by atoms with Gasteiger partial charge in [-0.2, -0.15) is 0 Å². The van der Waals surface area contributed by atoms with Crippen molar-refractivity contribution in [3.05, 3.63) is 48.3 Å². The van der Waals surface area contributed by atoms with Crippen LogP contribution in [-0.2, 0) is 0 Å². The van der Waals surface area contributed by atoms with Gasteiger partial charge < -0.3 is 19.6 Å². The minimum atomic E-state index is -1.43. The maximum absolute atomic E-state index is 14.4. The van der Waals surface area contributed by atoms with Crippen molar-refractivity contribution in [3.63, 3.8) is 0 Å². The topological polar surface area (TPSA) is 13.0 Å². The molecule has 1 aromatic rings. The monoisotopic (exact) mass is 380 g/mol. The second-order valence-corrected chi connectivity index (χ2v) is 7.01. The molecule has 0 amide bonds. The molecule has 2 aliphatic rings. The maximum atomic E-state index is 14.4. The zero-order chi connectivity index (χ0) is 19.4. The van der Waals surface area contributed by atoms with Gasteiger partial charge in [0.2, 0.25) is 0 Å². The molecule has 1 aromatic carbocycles. The molecule has 0 bridgehead atoms. The molecule has 4 nitrogen and oxygen atoms in total. The average Bonchev–Trinajstić information content (AvgIpc) is 3.32. The van der Waals surface area contributed by atoms with Gasteiger partial charge in [-0.25, -0.2) is 13.2 Å². The maximum Gasteiger partial charge on any atom is 0.198 e. The number of hydrogen-bond donors (Lipinski definition) is 0. The van der Waals surface area contributed by atoms with Crippen LogP contribution in [0.1, 0.15) is 39.5 Å². The summed E-state index contributed by atoms with van der Waals surface area (Å²) in [7, 11) is 0. The average molecular weight is 380 g/mol. The molecule has 0 N–H and O–H groups in total. The van der Waals surface area contributed by atoms with E-state index >= 15 is 0 Å². The van der Waals surface area contributed by atoms with Crippen molar-refractivity contribution in [2.75, 3.05) is 36.2 Å². The number of nitrogens with zero attached hydrogens (tertiary/aromatic N) is 4. The number of rotatable bonds is 8. The summed E-state index contributed by atoms with van der Waals surface area (Å²) < 4.78 is 43.2. The highest BCUT2D eigenvalue weighted by Gasteiger charge is 2.27. The van der Waals surface area contributed by atoms with Crippen LogP contribution >= 0.6 is 0 Å². The van der Waals surface area contributed by atoms with E-state index in [1.807, 2.05) is 22.2 Å². The van der Waals surface area contributed by atoms with Crippen LogP contribution in [-0.4, -0.2) is 36.2 Å². The Bertz CT molecular complexity index is 663. The van der Waals surface area contributed by atoms with Crippen molar-refractivity contribution in [1.29, 1.82) is 0 Å². The van der Waals surface area contributed by atoms with Crippen molar-refractivity contribution in [3.8, 4) is 0 Å². The molecule has 0 aliphatic carbocycles. The first kappa shape index (κ1) is 19.5. The van der Waals surface area contributed by atoms with Gasteiger partial charge in [0, 0.05) is 37.9 Å². The lowest BCUT2D eigenvalue weighted by Gasteiger charge is -2.25. The second kappa shape index (κ2) is 8.59. The van der Waals surface area contributed by atoms with Gasteiger partial charge in [0.15, 0.2) is 17.5 Å². The number of anilines is 2. The van der Waals surface area contributed by atoms with E-state index in [1.165, 1.54) is 6.07 Å². The second-order valence-electron chi connectivity index (χ2n) is 7.01. The van der Waals surface area contributed by atoms with Gasteiger partial charge in [-0.3, -0.25) is 0 Å². The van der Waals surface area contributed by atoms with Gasteiger partial charge in [0.05, 0.1) is 24.7 Å². The Hall–Kier alpha value is -2.31. The fourth-order valence-corrected chi connectivity index (χ4v) is 3.25. The molecule has 0 saturated carbocycles. The highest BCUT2D eigenvalue weighted by atomic mass is 19.2. The predicted molar refractivity (Wildman–Crippen MR) is 103 cm³/mol. The standard InChI is InChI=1S/C20H27F3N4/c1-3-5-7-24-9-11-26(14-24)16-13-17(19(22)20(23)18(16)21)27-12-10-25(15-27)8-6-4-2/h9-13H,3-8,14-15H2,1-2H3. The van der Waals surface area contributed by atoms with E-state index < -0.39 is 17.5 Å². The van der Waals surface area contributed by atoms with Gasteiger partial charge in [-0.15, -0.1) is 0 Å². The minimum absolute atomic E-state index is 0.0551. The molecule has 27 heavy (non-hydrogen) atoms. The molecular formula is C20H27F3N4. The normalized spacial score (nSPS) is 16.3. The number of halogens is 3. The van der Waals surface area contributed by atoms with Crippen molar-refractivity contribution in [2.45, 2.75) is 39.5 Å². The van der Waals surface area contributed by atoms with Gasteiger partial charge in [0.25, 0.3) is 0 Å². The number of benzene rings is 1. The lowest BCUT2D eigenvalue weighted by molar-refractivity contribution is 0.390. The minimum Gasteiger partial charge on any atom is -0.358 e. The van der Waals surface area contributed by atoms with Crippen LogP contribution in [0, 0.1) is 17.5 Å². The third kappa shape index (κ3) is 4.17. The van der Waals surface area contributed by atoms with E-state index in [-0.39, 0.29) is 11.4 Å². The van der Waals surface area contributed by atoms with Gasteiger partial charge >= 0.3 is 0 Å². The zero-order valence-corrected chi connectivity index (χ0v) is 16.0. The Balaban J connectivity index is 1.79. The SMILES string of the molecule is CCCCN1C=CN(c2cc(N3C=CN(CCCC)C3)c(F)c(F)c2F)C1. The number of hydrogen-bond acceptors (Lipinski definition) is 4. The van der Waals surface area contributed by atoms with E-state index in [2.05, 4.69) is 13.8 Å². The molecule has 0 atom stereocenters. The zero-order valence-electron chi connectivity index (χ0n) is 16.0. The summed E-state index contributed by atoms with van der Waals surface area (Å²) in [5.41, 5.74) is 0.110. The Morgan fingerprint density at radius 2 is 1.15 bits per heavy atom. The first-order valence-electron chi connectivity index (χ1n) is 9.60. The summed E-state index contributed by atoms with van der Waals surface area (Å²) in [4.78, 5) is 7.30. The molecule has 0 unspecified atom stereocenters. The first-order chi connectivity index (χ1) is 13.0. The van der Waals surface area contributed by atoms with E-state index in [0.29, 0.717) is 13.3 Å². The van der Waals surface area contributed by atoms with Crippen LogP contribution in [0.2, 0.25) is 0 Å². The summed E-state index contributed by atoms with van der Waals surface area (Å²) in [6.45, 7) is 6.77. The summed E-state index contributed by atoms with van der Waals surface area (Å²) in [5.74, 6) is -3.73. The lowest BCUT2D eigenvalue weighted by atomic mass is 10.2. The van der Waals surface area contributed by atoms with Gasteiger partial charge in [-0.1, -0.05) is 26.7 Å². The first-order valence-corrected chi connectivity index (χ1v) is 9.60. The predicted octanol–water partition coefficient (Wildman–Crippen LogP) is 4.81. The van der Waals surface area contributed by atoms with Crippen molar-refractivity contribution in [1.82, 2.24) is 9.80 Å². The van der Waals surface area contributed by atoms with Crippen LogP contribution in [0.15, 0.2) is 30.9 Å². The molecule has 7 heteroatoms. The van der Waals surface area contributed by atoms with Crippen LogP contribution in [0.4, 0.5) is 24.5 Å². The molecule has 2 heterocycles. The Labute approximate surface area is 159 Å². The highest BCUT2D eigenvalue weighted by Crippen LogP contribution is 2.34. The third-order valence-electron chi connectivity index (χ3n) is 4.91. The van der Waals surface area contributed by atoms with Crippen molar-refractivity contribution >= 4 is 11.4 Å². The lowest BCUT2D eigenvalue weighted by Crippen LogP contribution is -2.28. The van der Waals surface area contributed by atoms with Crippen molar-refractivity contribution < 1.29 is 13.2 Å². The fourth-order valence-electron chi connectivity index (χ4n) is 3.25. The molecule has 0 fully saturated rings. The van der Waals surface area contributed by atoms with E-state index in [0.717, 1.165) is 38.8 Å². The molecule has 0 spiro atoms. The van der Waals surface area contributed by atoms with E-state index in [4.69, 9.17) is 0 Å². The number of unbranched alkanes of at least 4 members (excludes halogenated alkanes) is 2. The third-order valence-corrected chi connectivity index (χ3v) is 4.91. The molecule has 0 saturated heterocycles. The van der Waals surface area contributed by atoms with Gasteiger partial charge in [-0.05, 0) is 18.9 Å². The smallest absolute Gasteiger partial charge is 0.198 e. The molecule has 2 aliphatic heterocycles. The van der Waals surface area contributed by atoms with E-state index in [1.54, 1.807) is 22.2 Å². The molecule has 3 rings (SSSR count). The summed E-state index contributed by atoms with van der Waals surface area (Å²) >= 11 is 0. The summed E-state index contributed by atoms with van der Waals surface area (Å²) in [6, 6.07) is 1.40. The van der Waals surface area contributed by atoms with E-state index in [9.17, 15) is 13.2 Å². The molecular weight excluding hydrogens is 353 g/mol. The summed E-state index contributed by atoms with van der Waals surface area (Å²) in [5, 5.41) is 0. The van der Waals surface area contributed by atoms with Crippen LogP contribution in [0.25, 0.3) is 0 Å². The van der Waals surface area contributed by atoms with Gasteiger partial charge in [0.1, 0.15) is 0 Å². The quantitative estimate of drug-likeness (QED) is 0.600. The van der Waals surface area contributed by atoms with Crippen molar-refractivity contribution in [2.24, 2.45) is 0 Å². The summed E-state index contributed by atoms with van der Waals surface area (Å²) in [6.07, 6.45) is 11.3. The fraction of sp³-hybridized carbons (Fsp3) is 0.500.